The summed E-state index contributed by atoms with van der Waals surface area (Å²) in [6, 6.07) is 5.14. The van der Waals surface area contributed by atoms with E-state index in [1.54, 1.807) is 30.6 Å². The Hall–Kier alpha value is -1.45. The van der Waals surface area contributed by atoms with Gasteiger partial charge in [0.15, 0.2) is 5.82 Å². The van der Waals surface area contributed by atoms with Crippen molar-refractivity contribution in [2.75, 3.05) is 0 Å². The van der Waals surface area contributed by atoms with Crippen molar-refractivity contribution in [3.05, 3.63) is 57.6 Å². The molecule has 0 saturated heterocycles. The lowest BCUT2D eigenvalue weighted by atomic mass is 10.1. The number of aryl methyl sites for hydroxylation is 1. The molecule has 0 spiro atoms. The van der Waals surface area contributed by atoms with Crippen LogP contribution in [0.2, 0.25) is 10.0 Å². The molecule has 1 aromatic heterocycles. The molecule has 0 aliphatic heterocycles. The van der Waals surface area contributed by atoms with Crippen molar-refractivity contribution in [3.63, 3.8) is 0 Å². The molecule has 0 saturated carbocycles. The SMILES string of the molecule is Cc1cnc(C(=O)Cc2c(Cl)cccc2Cl)nc1. The third kappa shape index (κ3) is 2.86. The highest BCUT2D eigenvalue weighted by Gasteiger charge is 2.14. The van der Waals surface area contributed by atoms with Crippen LogP contribution in [0.25, 0.3) is 0 Å². The first-order valence-electron chi connectivity index (χ1n) is 5.32. The smallest absolute Gasteiger partial charge is 0.204 e. The number of hydrogen-bond acceptors (Lipinski definition) is 3. The van der Waals surface area contributed by atoms with Crippen molar-refractivity contribution >= 4 is 29.0 Å². The zero-order valence-corrected chi connectivity index (χ0v) is 11.2. The van der Waals surface area contributed by atoms with Crippen LogP contribution in [0, 0.1) is 6.92 Å². The number of nitrogens with zero attached hydrogens (tertiary/aromatic N) is 2. The Labute approximate surface area is 115 Å². The molecule has 92 valence electrons. The number of hydrogen-bond donors (Lipinski definition) is 0. The van der Waals surface area contributed by atoms with E-state index in [0.29, 0.717) is 15.6 Å². The Morgan fingerprint density at radius 1 is 1.17 bits per heavy atom. The molecule has 0 atom stereocenters. The monoisotopic (exact) mass is 280 g/mol. The Morgan fingerprint density at radius 3 is 2.28 bits per heavy atom. The summed E-state index contributed by atoms with van der Waals surface area (Å²) < 4.78 is 0. The summed E-state index contributed by atoms with van der Waals surface area (Å²) in [5, 5.41) is 0.950. The van der Waals surface area contributed by atoms with Crippen molar-refractivity contribution in [1.29, 1.82) is 0 Å². The number of Topliss-reactive ketones (excluding diaryl/α,β-unsaturated/α-hetero) is 1. The molecule has 0 aliphatic carbocycles. The van der Waals surface area contributed by atoms with Gasteiger partial charge in [-0.15, -0.1) is 0 Å². The van der Waals surface area contributed by atoms with E-state index in [1.807, 2.05) is 6.92 Å². The van der Waals surface area contributed by atoms with Gasteiger partial charge in [-0.2, -0.15) is 0 Å². The normalized spacial score (nSPS) is 10.4. The average molecular weight is 281 g/mol. The lowest BCUT2D eigenvalue weighted by Crippen LogP contribution is -2.09. The number of ketones is 1. The molecule has 0 unspecified atom stereocenters. The second-order valence-corrected chi connectivity index (χ2v) is 4.70. The summed E-state index contributed by atoms with van der Waals surface area (Å²) in [5.41, 5.74) is 1.51. The van der Waals surface area contributed by atoms with E-state index in [-0.39, 0.29) is 18.0 Å². The molecule has 2 rings (SSSR count). The maximum atomic E-state index is 12.0. The molecule has 3 nitrogen and oxygen atoms in total. The zero-order chi connectivity index (χ0) is 13.1. The topological polar surface area (TPSA) is 42.9 Å². The highest BCUT2D eigenvalue weighted by Crippen LogP contribution is 2.25. The summed E-state index contributed by atoms with van der Waals surface area (Å²) in [5.74, 6) is -0.0263. The summed E-state index contributed by atoms with van der Waals surface area (Å²) in [7, 11) is 0. The van der Waals surface area contributed by atoms with E-state index >= 15 is 0 Å². The van der Waals surface area contributed by atoms with Crippen LogP contribution in [0.4, 0.5) is 0 Å². The van der Waals surface area contributed by atoms with Gasteiger partial charge in [-0.1, -0.05) is 29.3 Å². The maximum absolute atomic E-state index is 12.0. The van der Waals surface area contributed by atoms with E-state index in [2.05, 4.69) is 9.97 Å². The predicted molar refractivity (Wildman–Crippen MR) is 71.3 cm³/mol. The van der Waals surface area contributed by atoms with Gasteiger partial charge in [0.05, 0.1) is 0 Å². The molecule has 18 heavy (non-hydrogen) atoms. The summed E-state index contributed by atoms with van der Waals surface area (Å²) >= 11 is 12.0. The first kappa shape index (κ1) is 13.0. The van der Waals surface area contributed by atoms with Crippen LogP contribution in [0.1, 0.15) is 21.7 Å². The number of carbonyl (C=O) groups is 1. The first-order chi connectivity index (χ1) is 8.58. The molecule has 0 bridgehead atoms. The van der Waals surface area contributed by atoms with Crippen LogP contribution < -0.4 is 0 Å². The number of benzene rings is 1. The Morgan fingerprint density at radius 2 is 1.72 bits per heavy atom. The van der Waals surface area contributed by atoms with Crippen molar-refractivity contribution < 1.29 is 4.79 Å². The van der Waals surface area contributed by atoms with E-state index in [1.165, 1.54) is 0 Å². The van der Waals surface area contributed by atoms with Crippen LogP contribution in [0.3, 0.4) is 0 Å². The van der Waals surface area contributed by atoms with Gasteiger partial charge in [-0.3, -0.25) is 4.79 Å². The number of aromatic nitrogens is 2. The van der Waals surface area contributed by atoms with Crippen LogP contribution >= 0.6 is 23.2 Å². The van der Waals surface area contributed by atoms with Crippen molar-refractivity contribution in [2.45, 2.75) is 13.3 Å². The minimum absolute atomic E-state index is 0.0988. The van der Waals surface area contributed by atoms with Crippen LogP contribution in [0.15, 0.2) is 30.6 Å². The predicted octanol–water partition coefficient (Wildman–Crippen LogP) is 3.52. The Balaban J connectivity index is 2.24. The first-order valence-corrected chi connectivity index (χ1v) is 6.08. The van der Waals surface area contributed by atoms with E-state index in [0.717, 1.165) is 5.56 Å². The third-order valence-corrected chi connectivity index (χ3v) is 3.14. The van der Waals surface area contributed by atoms with Gasteiger partial charge in [-0.25, -0.2) is 9.97 Å². The fraction of sp³-hybridized carbons (Fsp3) is 0.154. The summed E-state index contributed by atoms with van der Waals surface area (Å²) in [6.45, 7) is 1.86. The standard InChI is InChI=1S/C13H10Cl2N2O/c1-8-6-16-13(17-7-8)12(18)5-9-10(14)3-2-4-11(9)15/h2-4,6-7H,5H2,1H3. The van der Waals surface area contributed by atoms with Gasteiger partial charge < -0.3 is 0 Å². The average Bonchev–Trinajstić information content (AvgIpc) is 2.34. The van der Waals surface area contributed by atoms with Crippen molar-refractivity contribution in [3.8, 4) is 0 Å². The van der Waals surface area contributed by atoms with Crippen LogP contribution in [0.5, 0.6) is 0 Å². The van der Waals surface area contributed by atoms with E-state index in [4.69, 9.17) is 23.2 Å². The second kappa shape index (κ2) is 5.46. The lowest BCUT2D eigenvalue weighted by Gasteiger charge is -2.05. The van der Waals surface area contributed by atoms with Crippen molar-refractivity contribution in [1.82, 2.24) is 9.97 Å². The number of rotatable bonds is 3. The van der Waals surface area contributed by atoms with Gasteiger partial charge in [0.1, 0.15) is 0 Å². The van der Waals surface area contributed by atoms with Crippen LogP contribution in [-0.4, -0.2) is 15.8 Å². The van der Waals surface area contributed by atoms with Crippen LogP contribution in [-0.2, 0) is 6.42 Å². The molecule has 0 amide bonds. The Kier molecular flexibility index (Phi) is 3.94. The highest BCUT2D eigenvalue weighted by atomic mass is 35.5. The van der Waals surface area contributed by atoms with Gasteiger partial charge in [0.25, 0.3) is 0 Å². The molecule has 0 fully saturated rings. The lowest BCUT2D eigenvalue weighted by molar-refractivity contribution is 0.0983. The molecule has 0 aliphatic rings. The molecule has 0 radical (unpaired) electrons. The second-order valence-electron chi connectivity index (χ2n) is 3.88. The van der Waals surface area contributed by atoms with E-state index < -0.39 is 0 Å². The highest BCUT2D eigenvalue weighted by molar-refractivity contribution is 6.36. The van der Waals surface area contributed by atoms with Crippen molar-refractivity contribution in [2.24, 2.45) is 0 Å². The molecule has 5 heteroatoms. The molecule has 1 heterocycles. The molecule has 2 aromatic rings. The quantitative estimate of drug-likeness (QED) is 0.808. The Bertz CT molecular complexity index is 562. The minimum Gasteiger partial charge on any atom is -0.290 e. The zero-order valence-electron chi connectivity index (χ0n) is 9.65. The fourth-order valence-electron chi connectivity index (χ4n) is 1.48. The minimum atomic E-state index is -0.204. The molecule has 0 N–H and O–H groups in total. The molecular weight excluding hydrogens is 271 g/mol. The van der Waals surface area contributed by atoms with Gasteiger partial charge >= 0.3 is 0 Å². The molecule has 1 aromatic carbocycles. The van der Waals surface area contributed by atoms with E-state index in [9.17, 15) is 4.79 Å². The van der Waals surface area contributed by atoms with Gasteiger partial charge in [0.2, 0.25) is 5.78 Å². The van der Waals surface area contributed by atoms with Gasteiger partial charge in [0, 0.05) is 28.9 Å². The van der Waals surface area contributed by atoms with Gasteiger partial charge in [-0.05, 0) is 30.2 Å². The fourth-order valence-corrected chi connectivity index (χ4v) is 2.01. The molecular formula is C13H10Cl2N2O. The maximum Gasteiger partial charge on any atom is 0.204 e. The number of halogens is 2. The largest absolute Gasteiger partial charge is 0.290 e. The number of carbonyl (C=O) groups excluding carboxylic acids is 1. The summed E-state index contributed by atoms with van der Waals surface area (Å²) in [6.07, 6.45) is 3.31. The summed E-state index contributed by atoms with van der Waals surface area (Å²) in [4.78, 5) is 20.0. The third-order valence-electron chi connectivity index (χ3n) is 2.43.